The first-order valence-electron chi connectivity index (χ1n) is 17.3. The van der Waals surface area contributed by atoms with Crippen LogP contribution in [0, 0.1) is 0 Å². The summed E-state index contributed by atoms with van der Waals surface area (Å²) < 4.78 is 17.6. The second kappa shape index (κ2) is 17.3. The van der Waals surface area contributed by atoms with Gasteiger partial charge in [-0.2, -0.15) is 0 Å². The van der Waals surface area contributed by atoms with Crippen LogP contribution < -0.4 is 15.6 Å². The van der Waals surface area contributed by atoms with Crippen LogP contribution in [0.5, 0.6) is 11.5 Å². The van der Waals surface area contributed by atoms with Gasteiger partial charge in [0.1, 0.15) is 17.6 Å². The number of fused-ring (bicyclic) bond motifs is 1. The zero-order valence-electron chi connectivity index (χ0n) is 28.9. The van der Waals surface area contributed by atoms with Gasteiger partial charge >= 0.3 is 5.97 Å². The summed E-state index contributed by atoms with van der Waals surface area (Å²) in [5.41, 5.74) is 0.0639. The monoisotopic (exact) mass is 745 g/mol. The van der Waals surface area contributed by atoms with Gasteiger partial charge in [-0.1, -0.05) is 30.3 Å². The highest BCUT2D eigenvalue weighted by atomic mass is 32.1. The predicted octanol–water partition coefficient (Wildman–Crippen LogP) is 5.85. The first-order valence-corrected chi connectivity index (χ1v) is 19.1. The lowest BCUT2D eigenvalue weighted by Crippen LogP contribution is -2.43. The molecule has 52 heavy (non-hydrogen) atoms. The molecule has 274 valence electrons. The molecule has 3 aromatic heterocycles. The number of hydrogen-bond donors (Lipinski definition) is 4. The molecule has 0 bridgehead atoms. The number of aromatic hydroxyl groups is 1. The molecule has 2 aromatic carbocycles. The van der Waals surface area contributed by atoms with Crippen molar-refractivity contribution in [2.45, 2.75) is 62.5 Å². The predicted molar refractivity (Wildman–Crippen MR) is 201 cm³/mol. The van der Waals surface area contributed by atoms with Crippen molar-refractivity contribution in [1.29, 1.82) is 0 Å². The number of aliphatic hydroxyl groups excluding tert-OH is 1. The molecule has 13 heteroatoms. The van der Waals surface area contributed by atoms with Crippen molar-refractivity contribution in [3.8, 4) is 11.5 Å². The maximum absolute atomic E-state index is 13.7. The lowest BCUT2D eigenvalue weighted by atomic mass is 9.91. The van der Waals surface area contributed by atoms with E-state index in [9.17, 15) is 24.6 Å². The molecule has 0 unspecified atom stereocenters. The van der Waals surface area contributed by atoms with E-state index in [-0.39, 0.29) is 17.4 Å². The quantitative estimate of drug-likeness (QED) is 0.0519. The minimum atomic E-state index is -1.59. The molecular weight excluding hydrogens is 703 g/mol. The number of ether oxygens (including phenoxy) is 3. The first kappa shape index (κ1) is 37.2. The number of rotatable bonds is 17. The van der Waals surface area contributed by atoms with Crippen molar-refractivity contribution in [3.63, 3.8) is 0 Å². The third kappa shape index (κ3) is 8.56. The third-order valence-electron chi connectivity index (χ3n) is 9.57. The number of aromatic nitrogens is 1. The Labute approximate surface area is 309 Å². The second-order valence-corrected chi connectivity index (χ2v) is 14.8. The van der Waals surface area contributed by atoms with Crippen molar-refractivity contribution < 1.29 is 34.0 Å². The zero-order chi connectivity index (χ0) is 36.5. The lowest BCUT2D eigenvalue weighted by Gasteiger charge is -2.36. The van der Waals surface area contributed by atoms with Gasteiger partial charge in [0.15, 0.2) is 0 Å². The zero-order valence-corrected chi connectivity index (χ0v) is 30.5. The van der Waals surface area contributed by atoms with Crippen molar-refractivity contribution in [3.05, 3.63) is 115 Å². The van der Waals surface area contributed by atoms with Crippen LogP contribution in [0.4, 0.5) is 0 Å². The summed E-state index contributed by atoms with van der Waals surface area (Å²) >= 11 is 2.71. The van der Waals surface area contributed by atoms with Gasteiger partial charge in [-0.25, -0.2) is 4.79 Å². The van der Waals surface area contributed by atoms with Gasteiger partial charge < -0.3 is 39.6 Å². The standard InChI is InChI=1S/C39H43N3O8S2/c1-42(27-9-13-29(14-10-27)50-38(47)39(49-25-43,34-5-2-21-51-34)35-6-3-22-52-35)19-4-20-48-28-11-7-26(8-12-28)23-40-24-33(45)30-15-17-32(44)37-31(30)16-18-36(46)41-37/h2-3,5-8,11-12,15-18,21-22,25,27,29,33,40,44-45H,4,9-10,13-14,19-20,23-24H2,1H3,(H,41,46)/t27?,29?,33-/m0/s1. The van der Waals surface area contributed by atoms with Crippen LogP contribution in [0.2, 0.25) is 0 Å². The topological polar surface area (TPSA) is 150 Å². The molecule has 1 aliphatic carbocycles. The van der Waals surface area contributed by atoms with Crippen molar-refractivity contribution >= 4 is 46.0 Å². The number of aliphatic hydroxyl groups is 1. The molecular formula is C39H43N3O8S2. The highest BCUT2D eigenvalue weighted by Gasteiger charge is 2.49. The molecule has 0 amide bonds. The fourth-order valence-corrected chi connectivity index (χ4v) is 8.56. The van der Waals surface area contributed by atoms with Gasteiger partial charge in [-0.15, -0.1) is 22.7 Å². The number of thiophene rings is 2. The number of benzene rings is 2. The molecule has 0 saturated heterocycles. The van der Waals surface area contributed by atoms with Crippen LogP contribution in [0.3, 0.4) is 0 Å². The van der Waals surface area contributed by atoms with Gasteiger partial charge in [0, 0.05) is 37.1 Å². The molecule has 6 rings (SSSR count). The Bertz CT molecular complexity index is 1920. The summed E-state index contributed by atoms with van der Waals surface area (Å²) in [6.45, 7) is 2.62. The fourth-order valence-electron chi connectivity index (χ4n) is 6.76. The van der Waals surface area contributed by atoms with E-state index in [0.29, 0.717) is 58.4 Å². The number of nitrogens with zero attached hydrogens (tertiary/aromatic N) is 1. The average molecular weight is 746 g/mol. The number of phenols is 1. The Morgan fingerprint density at radius 3 is 2.38 bits per heavy atom. The molecule has 11 nitrogen and oxygen atoms in total. The van der Waals surface area contributed by atoms with Gasteiger partial charge in [0.05, 0.1) is 28.0 Å². The van der Waals surface area contributed by atoms with E-state index in [1.165, 1.54) is 34.8 Å². The lowest BCUT2D eigenvalue weighted by molar-refractivity contribution is -0.177. The van der Waals surface area contributed by atoms with Gasteiger partial charge in [-0.3, -0.25) is 9.59 Å². The van der Waals surface area contributed by atoms with Gasteiger partial charge in [0.25, 0.3) is 12.1 Å². The normalized spacial score (nSPS) is 16.8. The Hall–Kier alpha value is -4.53. The van der Waals surface area contributed by atoms with Crippen LogP contribution >= 0.6 is 22.7 Å². The van der Waals surface area contributed by atoms with Crippen molar-refractivity contribution in [2.24, 2.45) is 0 Å². The van der Waals surface area contributed by atoms with Crippen molar-refractivity contribution in [1.82, 2.24) is 15.2 Å². The minimum absolute atomic E-state index is 0.0397. The number of phenolic OH excluding ortho intramolecular Hbond substituents is 1. The summed E-state index contributed by atoms with van der Waals surface area (Å²) in [5, 5.41) is 28.5. The highest BCUT2D eigenvalue weighted by molar-refractivity contribution is 7.12. The molecule has 1 saturated carbocycles. The maximum atomic E-state index is 13.7. The molecule has 0 radical (unpaired) electrons. The SMILES string of the molecule is CN(CCCOc1ccc(CNC[C@H](O)c2ccc(O)c3[nH]c(=O)ccc23)cc1)C1CCC(OC(=O)C(OC=O)(c2cccs2)c2cccs2)CC1. The van der Waals surface area contributed by atoms with E-state index in [4.69, 9.17) is 14.2 Å². The summed E-state index contributed by atoms with van der Waals surface area (Å²) in [4.78, 5) is 43.2. The van der Waals surface area contributed by atoms with E-state index in [0.717, 1.165) is 50.0 Å². The van der Waals surface area contributed by atoms with E-state index >= 15 is 0 Å². The Morgan fingerprint density at radius 2 is 1.73 bits per heavy atom. The van der Waals surface area contributed by atoms with E-state index in [1.807, 2.05) is 47.2 Å². The average Bonchev–Trinajstić information content (AvgIpc) is 3.90. The summed E-state index contributed by atoms with van der Waals surface area (Å²) in [6.07, 6.45) is 3.05. The number of H-pyrrole nitrogens is 1. The molecule has 3 heterocycles. The molecule has 1 atom stereocenters. The molecule has 1 aliphatic rings. The van der Waals surface area contributed by atoms with Gasteiger partial charge in [0.2, 0.25) is 5.56 Å². The Morgan fingerprint density at radius 1 is 1.02 bits per heavy atom. The number of carbonyl (C=O) groups is 2. The van der Waals surface area contributed by atoms with Crippen LogP contribution in [-0.4, -0.2) is 71.4 Å². The number of hydrogen-bond acceptors (Lipinski definition) is 12. The number of carbonyl (C=O) groups excluding carboxylic acids is 2. The van der Waals surface area contributed by atoms with Crippen LogP contribution in [-0.2, 0) is 31.2 Å². The Balaban J connectivity index is 0.900. The van der Waals surface area contributed by atoms with E-state index < -0.39 is 17.7 Å². The Kier molecular flexibility index (Phi) is 12.4. The number of nitrogens with one attached hydrogen (secondary N) is 2. The third-order valence-corrected chi connectivity index (χ3v) is 11.5. The number of pyridine rings is 1. The smallest absolute Gasteiger partial charge is 0.362 e. The number of esters is 1. The molecule has 1 fully saturated rings. The minimum Gasteiger partial charge on any atom is -0.506 e. The van der Waals surface area contributed by atoms with Crippen molar-refractivity contribution in [2.75, 3.05) is 26.7 Å². The highest BCUT2D eigenvalue weighted by Crippen LogP contribution is 2.41. The summed E-state index contributed by atoms with van der Waals surface area (Å²) in [7, 11) is 2.12. The molecule has 5 aromatic rings. The van der Waals surface area contributed by atoms with E-state index in [1.54, 1.807) is 24.3 Å². The first-order chi connectivity index (χ1) is 25.3. The molecule has 4 N–H and O–H groups in total. The maximum Gasteiger partial charge on any atom is 0.362 e. The van der Waals surface area contributed by atoms with Crippen LogP contribution in [0.1, 0.15) is 59.1 Å². The largest absolute Gasteiger partial charge is 0.506 e. The van der Waals surface area contributed by atoms with E-state index in [2.05, 4.69) is 22.2 Å². The molecule has 0 aliphatic heterocycles. The van der Waals surface area contributed by atoms with Gasteiger partial charge in [-0.05, 0) is 97.4 Å². The van der Waals surface area contributed by atoms with Crippen LogP contribution in [0.15, 0.2) is 88.4 Å². The second-order valence-electron chi connectivity index (χ2n) is 12.9. The fraction of sp³-hybridized carbons (Fsp3) is 0.359. The number of aromatic amines is 1. The molecule has 0 spiro atoms. The summed E-state index contributed by atoms with van der Waals surface area (Å²) in [5.74, 6) is 0.196. The summed E-state index contributed by atoms with van der Waals surface area (Å²) in [6, 6.07) is 21.6. The van der Waals surface area contributed by atoms with Crippen LogP contribution in [0.25, 0.3) is 10.9 Å².